The van der Waals surface area contributed by atoms with Crippen molar-refractivity contribution in [2.24, 2.45) is 10.7 Å². The summed E-state index contributed by atoms with van der Waals surface area (Å²) >= 11 is 0. The number of rotatable bonds is 5. The first-order valence-corrected chi connectivity index (χ1v) is 12.4. The molecule has 1 aromatic heterocycles. The zero-order valence-corrected chi connectivity index (χ0v) is 20.4. The monoisotopic (exact) mass is 515 g/mol. The molecule has 1 aliphatic heterocycles. The van der Waals surface area contributed by atoms with Crippen LogP contribution in [-0.4, -0.2) is 43.0 Å². The number of carbonyl (C=O) groups is 1. The number of aliphatic imine (C=N–C) groups is 1. The third-order valence-electron chi connectivity index (χ3n) is 6.22. The molecule has 0 aliphatic carbocycles. The molecule has 0 radical (unpaired) electrons. The molecule has 1 aliphatic rings. The summed E-state index contributed by atoms with van der Waals surface area (Å²) in [7, 11) is -2.65. The highest BCUT2D eigenvalue weighted by Crippen LogP contribution is 2.43. The van der Waals surface area contributed by atoms with Crippen LogP contribution in [0.3, 0.4) is 0 Å². The largest absolute Gasteiger partial charge is 0.480 e. The standard InChI is InChI=1S/C24H23F2N5O4S/c1-23(13-36(33,34)24(2,22(27)31-23)14-4-6-15(25)7-5-14)17-10-16(8-9-18(17)26)30-21(32)19-11-29-20(35-3)12-28-19/h4-12H,13H2,1-3H3,(H2,27,31)(H,30,32)/t23-,24?/m0/s1. The van der Waals surface area contributed by atoms with E-state index in [1.165, 1.54) is 57.6 Å². The van der Waals surface area contributed by atoms with E-state index in [0.717, 1.165) is 18.2 Å². The lowest BCUT2D eigenvalue weighted by molar-refractivity contribution is 0.102. The number of carbonyl (C=O) groups excluding carboxylic acids is 1. The van der Waals surface area contributed by atoms with E-state index in [-0.39, 0.29) is 34.2 Å². The molecule has 0 spiro atoms. The number of methoxy groups -OCH3 is 1. The van der Waals surface area contributed by atoms with Gasteiger partial charge in [0.25, 0.3) is 5.91 Å². The van der Waals surface area contributed by atoms with Gasteiger partial charge in [-0.05, 0) is 49.7 Å². The zero-order chi connectivity index (χ0) is 26.3. The average Bonchev–Trinajstić information content (AvgIpc) is 2.83. The molecule has 1 amide bonds. The second-order valence-electron chi connectivity index (χ2n) is 8.66. The number of amidine groups is 1. The number of anilines is 1. The van der Waals surface area contributed by atoms with Gasteiger partial charge >= 0.3 is 0 Å². The number of ether oxygens (including phenoxy) is 1. The lowest BCUT2D eigenvalue weighted by Crippen LogP contribution is -2.54. The van der Waals surface area contributed by atoms with Gasteiger partial charge in [-0.3, -0.25) is 9.79 Å². The molecule has 0 fully saturated rings. The Hall–Kier alpha value is -3.93. The van der Waals surface area contributed by atoms with Crippen LogP contribution in [0.2, 0.25) is 0 Å². The molecule has 0 saturated carbocycles. The molecule has 0 saturated heterocycles. The van der Waals surface area contributed by atoms with Gasteiger partial charge in [0, 0.05) is 11.3 Å². The summed E-state index contributed by atoms with van der Waals surface area (Å²) < 4.78 is 58.7. The van der Waals surface area contributed by atoms with Crippen LogP contribution >= 0.6 is 0 Å². The lowest BCUT2D eigenvalue weighted by Gasteiger charge is -2.40. The molecule has 2 atom stereocenters. The number of benzene rings is 2. The van der Waals surface area contributed by atoms with Gasteiger partial charge in [0.05, 0.1) is 25.3 Å². The second kappa shape index (κ2) is 8.94. The van der Waals surface area contributed by atoms with Gasteiger partial charge in [0.2, 0.25) is 5.88 Å². The highest BCUT2D eigenvalue weighted by atomic mass is 32.2. The maximum atomic E-state index is 15.0. The van der Waals surface area contributed by atoms with Gasteiger partial charge < -0.3 is 15.8 Å². The highest BCUT2D eigenvalue weighted by molar-refractivity contribution is 7.93. The Labute approximate surface area is 206 Å². The molecule has 3 N–H and O–H groups in total. The number of amides is 1. The van der Waals surface area contributed by atoms with Crippen LogP contribution in [-0.2, 0) is 20.1 Å². The summed E-state index contributed by atoms with van der Waals surface area (Å²) in [6.07, 6.45) is 2.49. The van der Waals surface area contributed by atoms with E-state index in [1.807, 2.05) is 0 Å². The van der Waals surface area contributed by atoms with Crippen molar-refractivity contribution >= 4 is 27.3 Å². The quantitative estimate of drug-likeness (QED) is 0.533. The van der Waals surface area contributed by atoms with Crippen molar-refractivity contribution in [1.29, 1.82) is 0 Å². The molecular weight excluding hydrogens is 492 g/mol. The molecule has 4 rings (SSSR count). The minimum Gasteiger partial charge on any atom is -0.480 e. The van der Waals surface area contributed by atoms with Crippen LogP contribution in [0.5, 0.6) is 5.88 Å². The van der Waals surface area contributed by atoms with E-state index in [2.05, 4.69) is 20.3 Å². The van der Waals surface area contributed by atoms with E-state index >= 15 is 0 Å². The van der Waals surface area contributed by atoms with Crippen molar-refractivity contribution in [2.45, 2.75) is 24.1 Å². The third kappa shape index (κ3) is 4.28. The summed E-state index contributed by atoms with van der Waals surface area (Å²) in [4.78, 5) is 24.9. The van der Waals surface area contributed by atoms with Crippen LogP contribution in [0.15, 0.2) is 59.9 Å². The summed E-state index contributed by atoms with van der Waals surface area (Å²) in [6, 6.07) is 8.66. The van der Waals surface area contributed by atoms with Crippen molar-refractivity contribution in [3.63, 3.8) is 0 Å². The zero-order valence-electron chi connectivity index (χ0n) is 19.6. The van der Waals surface area contributed by atoms with Gasteiger partial charge in [-0.1, -0.05) is 12.1 Å². The number of hydrogen-bond donors (Lipinski definition) is 2. The number of halogens is 2. The molecule has 188 valence electrons. The Bertz CT molecular complexity index is 1460. The smallest absolute Gasteiger partial charge is 0.275 e. The summed E-state index contributed by atoms with van der Waals surface area (Å²) in [5.74, 6) is -2.48. The number of nitrogens with zero attached hydrogens (tertiary/aromatic N) is 3. The molecular formula is C24H23F2N5O4S. The predicted octanol–water partition coefficient (Wildman–Crippen LogP) is 2.93. The fourth-order valence-electron chi connectivity index (χ4n) is 4.06. The molecule has 12 heteroatoms. The van der Waals surface area contributed by atoms with E-state index in [9.17, 15) is 22.0 Å². The topological polar surface area (TPSA) is 137 Å². The van der Waals surface area contributed by atoms with Crippen molar-refractivity contribution in [3.05, 3.63) is 83.3 Å². The molecule has 0 bridgehead atoms. The van der Waals surface area contributed by atoms with E-state index in [1.54, 1.807) is 0 Å². The van der Waals surface area contributed by atoms with Crippen molar-refractivity contribution < 1.29 is 26.7 Å². The van der Waals surface area contributed by atoms with Gasteiger partial charge in [0.15, 0.2) is 14.6 Å². The van der Waals surface area contributed by atoms with Crippen molar-refractivity contribution in [2.75, 3.05) is 18.2 Å². The Morgan fingerprint density at radius 1 is 1.08 bits per heavy atom. The number of nitrogens with two attached hydrogens (primary N) is 1. The van der Waals surface area contributed by atoms with Crippen LogP contribution in [0.4, 0.5) is 14.5 Å². The summed E-state index contributed by atoms with van der Waals surface area (Å²) in [6.45, 7) is 2.83. The molecule has 36 heavy (non-hydrogen) atoms. The number of aromatic nitrogens is 2. The average molecular weight is 516 g/mol. The van der Waals surface area contributed by atoms with Gasteiger partial charge in [-0.25, -0.2) is 27.2 Å². The van der Waals surface area contributed by atoms with Gasteiger partial charge in [-0.2, -0.15) is 0 Å². The van der Waals surface area contributed by atoms with Gasteiger partial charge in [-0.15, -0.1) is 0 Å². The fourth-order valence-corrected chi connectivity index (χ4v) is 6.17. The predicted molar refractivity (Wildman–Crippen MR) is 129 cm³/mol. The molecule has 2 heterocycles. The van der Waals surface area contributed by atoms with Gasteiger partial charge in [0.1, 0.15) is 28.7 Å². The SMILES string of the molecule is COc1cnc(C(=O)Nc2ccc(F)c([C@]3(C)CS(=O)(=O)C(C)(c4ccc(F)cc4)C(N)=N3)c2)cn1. The first-order valence-electron chi connectivity index (χ1n) is 10.7. The lowest BCUT2D eigenvalue weighted by atomic mass is 9.91. The Kier molecular flexibility index (Phi) is 6.25. The Balaban J connectivity index is 1.71. The Morgan fingerprint density at radius 2 is 1.78 bits per heavy atom. The number of hydrogen-bond acceptors (Lipinski definition) is 8. The minimum absolute atomic E-state index is 0.00883. The second-order valence-corrected chi connectivity index (χ2v) is 11.0. The summed E-state index contributed by atoms with van der Waals surface area (Å²) in [5, 5.41) is 2.59. The fraction of sp³-hybridized carbons (Fsp3) is 0.250. The van der Waals surface area contributed by atoms with Crippen LogP contribution in [0.25, 0.3) is 0 Å². The molecule has 3 aromatic rings. The third-order valence-corrected chi connectivity index (χ3v) is 8.85. The first kappa shape index (κ1) is 25.2. The van der Waals surface area contributed by atoms with Crippen LogP contribution < -0.4 is 15.8 Å². The van der Waals surface area contributed by atoms with Crippen molar-refractivity contribution in [1.82, 2.24) is 9.97 Å². The maximum Gasteiger partial charge on any atom is 0.275 e. The normalized spacial score (nSPS) is 23.0. The first-order chi connectivity index (χ1) is 16.9. The highest BCUT2D eigenvalue weighted by Gasteiger charge is 2.53. The summed E-state index contributed by atoms with van der Waals surface area (Å²) in [5.41, 5.74) is 4.96. The van der Waals surface area contributed by atoms with Crippen LogP contribution in [0, 0.1) is 11.6 Å². The van der Waals surface area contributed by atoms with E-state index in [4.69, 9.17) is 10.5 Å². The van der Waals surface area contributed by atoms with E-state index in [0.29, 0.717) is 0 Å². The molecule has 2 aromatic carbocycles. The van der Waals surface area contributed by atoms with Crippen LogP contribution in [0.1, 0.15) is 35.5 Å². The minimum atomic E-state index is -4.06. The molecule has 1 unspecified atom stereocenters. The number of nitrogens with one attached hydrogen (secondary N) is 1. The molecule has 9 nitrogen and oxygen atoms in total. The number of sulfone groups is 1. The maximum absolute atomic E-state index is 15.0. The van der Waals surface area contributed by atoms with Crippen molar-refractivity contribution in [3.8, 4) is 5.88 Å². The van der Waals surface area contributed by atoms with E-state index < -0.39 is 43.4 Å². The Morgan fingerprint density at radius 3 is 2.36 bits per heavy atom.